The second-order valence-electron chi connectivity index (χ2n) is 7.59. The Morgan fingerprint density at radius 3 is 2.76 bits per heavy atom. The number of rotatable bonds is 5. The van der Waals surface area contributed by atoms with Crippen molar-refractivity contribution in [3.05, 3.63) is 77.7 Å². The first kappa shape index (κ1) is 18.9. The van der Waals surface area contributed by atoms with E-state index in [4.69, 9.17) is 0 Å². The summed E-state index contributed by atoms with van der Waals surface area (Å²) in [6.45, 7) is 4.49. The van der Waals surface area contributed by atoms with Crippen molar-refractivity contribution in [1.82, 2.24) is 9.97 Å². The van der Waals surface area contributed by atoms with Gasteiger partial charge in [0.2, 0.25) is 0 Å². The SMILES string of the molecule is CC1(C)c2ccc(NC(=O)c3cccnc3NCc3ccncc3)cc2NC1O. The molecule has 2 aromatic heterocycles. The maximum atomic E-state index is 12.9. The molecule has 0 bridgehead atoms. The minimum Gasteiger partial charge on any atom is -0.373 e. The van der Waals surface area contributed by atoms with Gasteiger partial charge in [0.15, 0.2) is 0 Å². The van der Waals surface area contributed by atoms with Crippen molar-refractivity contribution in [2.45, 2.75) is 32.0 Å². The maximum absolute atomic E-state index is 12.9. The van der Waals surface area contributed by atoms with Crippen LogP contribution >= 0.6 is 0 Å². The number of aliphatic hydroxyl groups is 1. The third kappa shape index (κ3) is 3.77. The van der Waals surface area contributed by atoms with Gasteiger partial charge >= 0.3 is 0 Å². The quantitative estimate of drug-likeness (QED) is 0.534. The molecule has 0 aliphatic carbocycles. The third-order valence-electron chi connectivity index (χ3n) is 5.21. The number of fused-ring (bicyclic) bond motifs is 1. The van der Waals surface area contributed by atoms with Gasteiger partial charge in [-0.15, -0.1) is 0 Å². The summed E-state index contributed by atoms with van der Waals surface area (Å²) in [6, 6.07) is 12.9. The minimum absolute atomic E-state index is 0.256. The molecule has 1 aromatic carbocycles. The van der Waals surface area contributed by atoms with Gasteiger partial charge in [-0.2, -0.15) is 0 Å². The molecule has 7 heteroatoms. The van der Waals surface area contributed by atoms with Crippen molar-refractivity contribution >= 4 is 23.1 Å². The standard InChI is InChI=1S/C22H23N5O2/c1-22(2)17-6-5-15(12-18(17)27-21(22)29)26-20(28)16-4-3-9-24-19(16)25-13-14-7-10-23-11-8-14/h3-12,21,27,29H,13H2,1-2H3,(H,24,25)(H,26,28). The minimum atomic E-state index is -0.661. The first-order valence-electron chi connectivity index (χ1n) is 9.43. The Balaban J connectivity index is 1.50. The topological polar surface area (TPSA) is 99.2 Å². The predicted molar refractivity (Wildman–Crippen MR) is 113 cm³/mol. The van der Waals surface area contributed by atoms with Crippen molar-refractivity contribution < 1.29 is 9.90 Å². The van der Waals surface area contributed by atoms with Crippen LogP contribution in [0.25, 0.3) is 0 Å². The number of nitrogens with one attached hydrogen (secondary N) is 3. The number of benzene rings is 1. The summed E-state index contributed by atoms with van der Waals surface area (Å²) in [5.74, 6) is 0.255. The van der Waals surface area contributed by atoms with E-state index in [-0.39, 0.29) is 11.3 Å². The van der Waals surface area contributed by atoms with E-state index >= 15 is 0 Å². The van der Waals surface area contributed by atoms with Crippen LogP contribution < -0.4 is 16.0 Å². The molecule has 1 unspecified atom stereocenters. The lowest BCUT2D eigenvalue weighted by molar-refractivity contribution is 0.102. The zero-order chi connectivity index (χ0) is 20.4. The molecule has 1 aliphatic heterocycles. The average Bonchev–Trinajstić information content (AvgIpc) is 2.95. The monoisotopic (exact) mass is 389 g/mol. The Kier molecular flexibility index (Phi) is 4.90. The van der Waals surface area contributed by atoms with E-state index in [1.54, 1.807) is 30.7 Å². The second-order valence-corrected chi connectivity index (χ2v) is 7.59. The Morgan fingerprint density at radius 2 is 1.97 bits per heavy atom. The molecule has 29 heavy (non-hydrogen) atoms. The van der Waals surface area contributed by atoms with Crippen molar-refractivity contribution in [3.63, 3.8) is 0 Å². The summed E-state index contributed by atoms with van der Waals surface area (Å²) in [6.07, 6.45) is 4.44. The summed E-state index contributed by atoms with van der Waals surface area (Å²) >= 11 is 0. The average molecular weight is 389 g/mol. The van der Waals surface area contributed by atoms with Gasteiger partial charge in [0, 0.05) is 41.9 Å². The number of amides is 1. The van der Waals surface area contributed by atoms with Gasteiger partial charge in [-0.25, -0.2) is 4.98 Å². The number of carbonyl (C=O) groups excluding carboxylic acids is 1. The van der Waals surface area contributed by atoms with Gasteiger partial charge in [-0.1, -0.05) is 19.9 Å². The summed E-state index contributed by atoms with van der Waals surface area (Å²) in [5, 5.41) is 19.4. The normalized spacial score (nSPS) is 16.6. The van der Waals surface area contributed by atoms with Gasteiger partial charge in [-0.05, 0) is 47.5 Å². The molecule has 0 saturated carbocycles. The molecule has 0 spiro atoms. The van der Waals surface area contributed by atoms with Crippen molar-refractivity contribution in [2.75, 3.05) is 16.0 Å². The highest BCUT2D eigenvalue weighted by atomic mass is 16.3. The Hall–Kier alpha value is -3.45. The number of hydrogen-bond acceptors (Lipinski definition) is 6. The zero-order valence-electron chi connectivity index (χ0n) is 16.3. The molecule has 3 aromatic rings. The fourth-order valence-corrected chi connectivity index (χ4v) is 3.39. The Labute approximate surface area is 169 Å². The number of hydrogen-bond donors (Lipinski definition) is 4. The molecule has 0 radical (unpaired) electrons. The van der Waals surface area contributed by atoms with Crippen LogP contribution in [0.1, 0.15) is 35.3 Å². The van der Waals surface area contributed by atoms with E-state index in [0.717, 1.165) is 16.8 Å². The second kappa shape index (κ2) is 7.52. The van der Waals surface area contributed by atoms with Gasteiger partial charge in [0.1, 0.15) is 12.0 Å². The lowest BCUT2D eigenvalue weighted by Crippen LogP contribution is -2.32. The van der Waals surface area contributed by atoms with Crippen LogP contribution in [0.2, 0.25) is 0 Å². The van der Waals surface area contributed by atoms with Gasteiger partial charge in [-0.3, -0.25) is 9.78 Å². The number of anilines is 3. The molecular weight excluding hydrogens is 366 g/mol. The van der Waals surface area contributed by atoms with Crippen molar-refractivity contribution in [1.29, 1.82) is 0 Å². The first-order chi connectivity index (χ1) is 13.9. The van der Waals surface area contributed by atoms with E-state index in [1.165, 1.54) is 0 Å². The molecule has 0 saturated heterocycles. The molecule has 0 fully saturated rings. The van der Waals surface area contributed by atoms with Gasteiger partial charge in [0.25, 0.3) is 5.91 Å². The predicted octanol–water partition coefficient (Wildman–Crippen LogP) is 3.36. The highest BCUT2D eigenvalue weighted by Crippen LogP contribution is 2.40. The summed E-state index contributed by atoms with van der Waals surface area (Å²) in [7, 11) is 0. The fourth-order valence-electron chi connectivity index (χ4n) is 3.39. The van der Waals surface area contributed by atoms with Gasteiger partial charge < -0.3 is 21.1 Å². The van der Waals surface area contributed by atoms with Crippen LogP contribution in [-0.2, 0) is 12.0 Å². The lowest BCUT2D eigenvalue weighted by Gasteiger charge is -2.22. The molecule has 148 valence electrons. The van der Waals surface area contributed by atoms with E-state index in [9.17, 15) is 9.90 Å². The number of pyridine rings is 2. The number of carbonyl (C=O) groups is 1. The Bertz CT molecular complexity index is 1040. The van der Waals surface area contributed by atoms with Crippen LogP contribution in [0.3, 0.4) is 0 Å². The third-order valence-corrected chi connectivity index (χ3v) is 5.21. The molecule has 1 amide bonds. The molecule has 1 atom stereocenters. The summed E-state index contributed by atoms with van der Waals surface area (Å²) in [4.78, 5) is 21.2. The zero-order valence-corrected chi connectivity index (χ0v) is 16.3. The van der Waals surface area contributed by atoms with Crippen molar-refractivity contribution in [3.8, 4) is 0 Å². The number of aliphatic hydroxyl groups excluding tert-OH is 1. The molecule has 4 rings (SSSR count). The highest BCUT2D eigenvalue weighted by molar-refractivity contribution is 6.07. The molecular formula is C22H23N5O2. The van der Waals surface area contributed by atoms with E-state index in [1.807, 2.05) is 44.2 Å². The van der Waals surface area contributed by atoms with Crippen molar-refractivity contribution in [2.24, 2.45) is 0 Å². The maximum Gasteiger partial charge on any atom is 0.259 e. The van der Waals surface area contributed by atoms with E-state index in [0.29, 0.717) is 23.6 Å². The molecule has 7 nitrogen and oxygen atoms in total. The smallest absolute Gasteiger partial charge is 0.259 e. The first-order valence-corrected chi connectivity index (χ1v) is 9.43. The Morgan fingerprint density at radius 1 is 1.17 bits per heavy atom. The number of nitrogens with zero attached hydrogens (tertiary/aromatic N) is 2. The highest BCUT2D eigenvalue weighted by Gasteiger charge is 2.38. The fraction of sp³-hybridized carbons (Fsp3) is 0.227. The summed E-state index contributed by atoms with van der Waals surface area (Å²) in [5.41, 5.74) is 3.60. The van der Waals surface area contributed by atoms with Gasteiger partial charge in [0.05, 0.1) is 5.56 Å². The molecule has 4 N–H and O–H groups in total. The van der Waals surface area contributed by atoms with Crippen LogP contribution in [0.4, 0.5) is 17.2 Å². The van der Waals surface area contributed by atoms with Crippen LogP contribution in [-0.4, -0.2) is 27.2 Å². The van der Waals surface area contributed by atoms with E-state index < -0.39 is 6.23 Å². The van der Waals surface area contributed by atoms with Crippen LogP contribution in [0.15, 0.2) is 61.1 Å². The van der Waals surface area contributed by atoms with Crippen LogP contribution in [0.5, 0.6) is 0 Å². The molecule has 3 heterocycles. The van der Waals surface area contributed by atoms with Crippen LogP contribution in [0, 0.1) is 0 Å². The lowest BCUT2D eigenvalue weighted by atomic mass is 9.85. The van der Waals surface area contributed by atoms with E-state index in [2.05, 4.69) is 25.9 Å². The summed E-state index contributed by atoms with van der Waals surface area (Å²) < 4.78 is 0. The number of aromatic nitrogens is 2. The largest absolute Gasteiger partial charge is 0.373 e. The molecule has 1 aliphatic rings.